The number of ether oxygens (including phenoxy) is 1. The van der Waals surface area contributed by atoms with Gasteiger partial charge in [0.05, 0.1) is 6.61 Å². The van der Waals surface area contributed by atoms with Crippen molar-refractivity contribution in [1.29, 1.82) is 0 Å². The van der Waals surface area contributed by atoms with Crippen LogP contribution in [-0.4, -0.2) is 42.2 Å². The fourth-order valence-corrected chi connectivity index (χ4v) is 3.10. The zero-order valence-corrected chi connectivity index (χ0v) is 14.0. The number of rotatable bonds is 4. The highest BCUT2D eigenvalue weighted by atomic mass is 79.9. The number of carbonyl (C=O) groups excluding carboxylic acids is 1. The molecule has 0 aliphatic carbocycles. The molecule has 1 aromatic heterocycles. The smallest absolute Gasteiger partial charge is 0.270 e. The lowest BCUT2D eigenvalue weighted by molar-refractivity contribution is 0.0385. The van der Waals surface area contributed by atoms with Crippen LogP contribution in [0.4, 0.5) is 0 Å². The molecule has 1 aliphatic rings. The normalized spacial score (nSPS) is 19.4. The van der Waals surface area contributed by atoms with Crippen LogP contribution in [-0.2, 0) is 4.74 Å². The van der Waals surface area contributed by atoms with Gasteiger partial charge in [-0.05, 0) is 54.6 Å². The van der Waals surface area contributed by atoms with Crippen LogP contribution in [0, 0.1) is 5.92 Å². The maximum Gasteiger partial charge on any atom is 0.270 e. The Kier molecular flexibility index (Phi) is 5.27. The SMILES string of the molecule is CC(C)n1cc(Br)cc1C(=O)N(C)CC1CCCOC1. The summed E-state index contributed by atoms with van der Waals surface area (Å²) in [5.74, 6) is 0.540. The van der Waals surface area contributed by atoms with E-state index in [1.807, 2.05) is 28.8 Å². The number of aromatic nitrogens is 1. The first kappa shape index (κ1) is 15.6. The topological polar surface area (TPSA) is 34.5 Å². The molecule has 1 fully saturated rings. The Hall–Kier alpha value is -0.810. The van der Waals surface area contributed by atoms with Crippen LogP contribution < -0.4 is 0 Å². The predicted octanol–water partition coefficient (Wildman–Crippen LogP) is 3.33. The highest BCUT2D eigenvalue weighted by Gasteiger charge is 2.22. The summed E-state index contributed by atoms with van der Waals surface area (Å²) >= 11 is 3.46. The summed E-state index contributed by atoms with van der Waals surface area (Å²) in [6, 6.07) is 2.17. The Morgan fingerprint density at radius 2 is 2.35 bits per heavy atom. The third kappa shape index (κ3) is 3.64. The van der Waals surface area contributed by atoms with Crippen LogP contribution in [0.25, 0.3) is 0 Å². The Morgan fingerprint density at radius 1 is 1.60 bits per heavy atom. The third-order valence-corrected chi connectivity index (χ3v) is 4.16. The average molecular weight is 343 g/mol. The van der Waals surface area contributed by atoms with Crippen LogP contribution in [0.3, 0.4) is 0 Å². The van der Waals surface area contributed by atoms with Crippen LogP contribution in [0.5, 0.6) is 0 Å². The van der Waals surface area contributed by atoms with Gasteiger partial charge in [-0.15, -0.1) is 0 Å². The Morgan fingerprint density at radius 3 is 2.95 bits per heavy atom. The minimum atomic E-state index is 0.0787. The molecule has 1 amide bonds. The summed E-state index contributed by atoms with van der Waals surface area (Å²) < 4.78 is 8.45. The first-order valence-corrected chi connectivity index (χ1v) is 7.99. The van der Waals surface area contributed by atoms with E-state index in [0.29, 0.717) is 5.92 Å². The van der Waals surface area contributed by atoms with E-state index in [9.17, 15) is 4.79 Å². The van der Waals surface area contributed by atoms with Crippen molar-refractivity contribution in [2.45, 2.75) is 32.7 Å². The second-order valence-electron chi connectivity index (χ2n) is 5.81. The molecule has 0 aromatic carbocycles. The van der Waals surface area contributed by atoms with E-state index in [2.05, 4.69) is 29.8 Å². The van der Waals surface area contributed by atoms with Gasteiger partial charge in [0.1, 0.15) is 5.69 Å². The van der Waals surface area contributed by atoms with E-state index in [1.165, 1.54) is 0 Å². The maximum absolute atomic E-state index is 12.6. The minimum Gasteiger partial charge on any atom is -0.381 e. The maximum atomic E-state index is 12.6. The molecule has 4 nitrogen and oxygen atoms in total. The largest absolute Gasteiger partial charge is 0.381 e. The molecule has 0 spiro atoms. The van der Waals surface area contributed by atoms with E-state index in [4.69, 9.17) is 4.74 Å². The number of carbonyl (C=O) groups is 1. The summed E-state index contributed by atoms with van der Waals surface area (Å²) in [4.78, 5) is 14.4. The molecule has 5 heteroatoms. The van der Waals surface area contributed by atoms with E-state index >= 15 is 0 Å². The molecule has 1 saturated heterocycles. The van der Waals surface area contributed by atoms with E-state index < -0.39 is 0 Å². The van der Waals surface area contributed by atoms with Crippen molar-refractivity contribution in [3.63, 3.8) is 0 Å². The van der Waals surface area contributed by atoms with Gasteiger partial charge in [0, 0.05) is 36.9 Å². The van der Waals surface area contributed by atoms with Crippen molar-refractivity contribution in [3.8, 4) is 0 Å². The molecule has 2 rings (SSSR count). The zero-order valence-electron chi connectivity index (χ0n) is 12.4. The third-order valence-electron chi connectivity index (χ3n) is 3.72. The van der Waals surface area contributed by atoms with Crippen LogP contribution in [0.2, 0.25) is 0 Å². The second-order valence-corrected chi connectivity index (χ2v) is 6.73. The Balaban J connectivity index is 2.06. The van der Waals surface area contributed by atoms with Gasteiger partial charge in [0.25, 0.3) is 5.91 Å². The highest BCUT2D eigenvalue weighted by Crippen LogP contribution is 2.21. The molecule has 2 heterocycles. The van der Waals surface area contributed by atoms with Crippen molar-refractivity contribution in [1.82, 2.24) is 9.47 Å². The molecular formula is C15H23BrN2O2. The van der Waals surface area contributed by atoms with E-state index in [0.717, 1.165) is 42.8 Å². The van der Waals surface area contributed by atoms with Gasteiger partial charge < -0.3 is 14.2 Å². The number of halogens is 1. The van der Waals surface area contributed by atoms with Gasteiger partial charge >= 0.3 is 0 Å². The van der Waals surface area contributed by atoms with Crippen molar-refractivity contribution < 1.29 is 9.53 Å². The summed E-state index contributed by atoms with van der Waals surface area (Å²) in [7, 11) is 1.88. The molecule has 1 unspecified atom stereocenters. The van der Waals surface area contributed by atoms with Crippen molar-refractivity contribution in [2.24, 2.45) is 5.92 Å². The Labute approximate surface area is 129 Å². The molecule has 112 valence electrons. The molecular weight excluding hydrogens is 320 g/mol. The van der Waals surface area contributed by atoms with Gasteiger partial charge in [-0.25, -0.2) is 0 Å². The molecule has 20 heavy (non-hydrogen) atoms. The lowest BCUT2D eigenvalue weighted by Gasteiger charge is -2.27. The zero-order chi connectivity index (χ0) is 14.7. The monoisotopic (exact) mass is 342 g/mol. The molecule has 0 N–H and O–H groups in total. The van der Waals surface area contributed by atoms with Crippen molar-refractivity contribution in [3.05, 3.63) is 22.4 Å². The first-order valence-electron chi connectivity index (χ1n) is 7.19. The minimum absolute atomic E-state index is 0.0787. The van der Waals surface area contributed by atoms with E-state index in [1.54, 1.807) is 0 Å². The molecule has 1 atom stereocenters. The number of hydrogen-bond acceptors (Lipinski definition) is 2. The fourth-order valence-electron chi connectivity index (χ4n) is 2.66. The summed E-state index contributed by atoms with van der Waals surface area (Å²) in [6.45, 7) is 6.56. The number of nitrogens with zero attached hydrogens (tertiary/aromatic N) is 2. The van der Waals surface area contributed by atoms with Gasteiger partial charge in [-0.3, -0.25) is 4.79 Å². The van der Waals surface area contributed by atoms with Gasteiger partial charge in [0.2, 0.25) is 0 Å². The lowest BCUT2D eigenvalue weighted by Crippen LogP contribution is -2.36. The first-order chi connectivity index (χ1) is 9.49. The van der Waals surface area contributed by atoms with Crippen molar-refractivity contribution >= 4 is 21.8 Å². The van der Waals surface area contributed by atoms with Gasteiger partial charge in [0.15, 0.2) is 0 Å². The number of amides is 1. The van der Waals surface area contributed by atoms with Crippen LogP contribution >= 0.6 is 15.9 Å². The van der Waals surface area contributed by atoms with Crippen LogP contribution in [0.15, 0.2) is 16.7 Å². The molecule has 0 bridgehead atoms. The quantitative estimate of drug-likeness (QED) is 0.840. The highest BCUT2D eigenvalue weighted by molar-refractivity contribution is 9.10. The van der Waals surface area contributed by atoms with Crippen LogP contribution in [0.1, 0.15) is 43.2 Å². The standard InChI is InChI=1S/C15H23BrN2O2/c1-11(2)18-9-13(16)7-14(18)15(19)17(3)8-12-5-4-6-20-10-12/h7,9,11-12H,4-6,8,10H2,1-3H3. The van der Waals surface area contributed by atoms with Gasteiger partial charge in [-0.2, -0.15) is 0 Å². The van der Waals surface area contributed by atoms with E-state index in [-0.39, 0.29) is 11.9 Å². The molecule has 1 aliphatic heterocycles. The fraction of sp³-hybridized carbons (Fsp3) is 0.667. The summed E-state index contributed by atoms with van der Waals surface area (Å²) in [6.07, 6.45) is 4.21. The average Bonchev–Trinajstić information content (AvgIpc) is 2.81. The summed E-state index contributed by atoms with van der Waals surface area (Å²) in [5.41, 5.74) is 0.742. The van der Waals surface area contributed by atoms with Crippen molar-refractivity contribution in [2.75, 3.05) is 26.8 Å². The molecule has 0 saturated carbocycles. The summed E-state index contributed by atoms with van der Waals surface area (Å²) in [5, 5.41) is 0. The molecule has 1 aromatic rings. The second kappa shape index (κ2) is 6.76. The Bertz CT molecular complexity index is 464. The lowest BCUT2D eigenvalue weighted by atomic mass is 10.0. The number of hydrogen-bond donors (Lipinski definition) is 0. The molecule has 0 radical (unpaired) electrons. The van der Waals surface area contributed by atoms with Gasteiger partial charge in [-0.1, -0.05) is 0 Å². The predicted molar refractivity (Wildman–Crippen MR) is 83.0 cm³/mol.